The number of amides is 1. The molecule has 2 N–H and O–H groups in total. The summed E-state index contributed by atoms with van der Waals surface area (Å²) in [6.45, 7) is 3.83. The van der Waals surface area contributed by atoms with Gasteiger partial charge in [0, 0.05) is 30.2 Å². The van der Waals surface area contributed by atoms with Crippen LogP contribution in [0, 0.1) is 0 Å². The van der Waals surface area contributed by atoms with Gasteiger partial charge in [-0.2, -0.15) is 0 Å². The molecule has 1 unspecified atom stereocenters. The molecule has 1 fully saturated rings. The highest BCUT2D eigenvalue weighted by atomic mass is 35.5. The van der Waals surface area contributed by atoms with E-state index in [1.165, 1.54) is 6.07 Å². The predicted octanol–water partition coefficient (Wildman–Crippen LogP) is 2.80. The number of carbonyl (C=O) groups excluding carboxylic acids is 1. The molecule has 0 aliphatic carbocycles. The summed E-state index contributed by atoms with van der Waals surface area (Å²) in [6, 6.07) is 2.83. The Balaban J connectivity index is 1.96. The van der Waals surface area contributed by atoms with Gasteiger partial charge in [0.05, 0.1) is 11.1 Å². The van der Waals surface area contributed by atoms with Crippen molar-refractivity contribution in [1.82, 2.24) is 10.2 Å². The first-order valence-electron chi connectivity index (χ1n) is 6.68. The Bertz CT molecular complexity index is 502. The average molecular weight is 317 g/mol. The molecule has 1 aromatic carbocycles. The van der Waals surface area contributed by atoms with Crippen LogP contribution in [0.25, 0.3) is 0 Å². The normalized spacial score (nSPS) is 16.4. The second-order valence-electron chi connectivity index (χ2n) is 5.03. The minimum atomic E-state index is -0.301. The molecule has 0 bridgehead atoms. The van der Waals surface area contributed by atoms with Crippen molar-refractivity contribution in [2.24, 2.45) is 0 Å². The van der Waals surface area contributed by atoms with E-state index in [1.807, 2.05) is 11.8 Å². The number of rotatable bonds is 4. The molecule has 110 valence electrons. The van der Waals surface area contributed by atoms with Gasteiger partial charge in [0.2, 0.25) is 5.91 Å². The Morgan fingerprint density at radius 1 is 1.40 bits per heavy atom. The molecular formula is C14H18Cl2N2O2. The van der Waals surface area contributed by atoms with Gasteiger partial charge >= 0.3 is 0 Å². The lowest BCUT2D eigenvalue weighted by atomic mass is 10.2. The summed E-state index contributed by atoms with van der Waals surface area (Å²) in [7, 11) is 0. The maximum Gasteiger partial charge on any atom is 0.239 e. The van der Waals surface area contributed by atoms with Crippen molar-refractivity contribution < 1.29 is 9.90 Å². The number of aromatic hydroxyl groups is 1. The van der Waals surface area contributed by atoms with Gasteiger partial charge in [0.25, 0.3) is 0 Å². The molecule has 0 radical (unpaired) electrons. The van der Waals surface area contributed by atoms with Crippen molar-refractivity contribution in [2.45, 2.75) is 32.4 Å². The predicted molar refractivity (Wildman–Crippen MR) is 80.2 cm³/mol. The zero-order chi connectivity index (χ0) is 14.7. The zero-order valence-corrected chi connectivity index (χ0v) is 12.8. The second kappa shape index (κ2) is 6.66. The van der Waals surface area contributed by atoms with E-state index < -0.39 is 0 Å². The molecule has 4 nitrogen and oxygen atoms in total. The number of phenols is 1. The largest absolute Gasteiger partial charge is 0.506 e. The van der Waals surface area contributed by atoms with E-state index in [-0.39, 0.29) is 22.7 Å². The van der Waals surface area contributed by atoms with E-state index in [0.29, 0.717) is 17.1 Å². The topological polar surface area (TPSA) is 52.6 Å². The summed E-state index contributed by atoms with van der Waals surface area (Å²) in [5, 5.41) is 13.6. The smallest absolute Gasteiger partial charge is 0.239 e. The molecule has 6 heteroatoms. The van der Waals surface area contributed by atoms with Crippen LogP contribution in [0.2, 0.25) is 10.0 Å². The molecule has 1 aliphatic rings. The third-order valence-electron chi connectivity index (χ3n) is 3.49. The molecular weight excluding hydrogens is 299 g/mol. The molecule has 0 saturated carbocycles. The maximum absolute atomic E-state index is 12.1. The van der Waals surface area contributed by atoms with Crippen LogP contribution in [0.5, 0.6) is 5.75 Å². The monoisotopic (exact) mass is 316 g/mol. The van der Waals surface area contributed by atoms with Crippen LogP contribution in [0.15, 0.2) is 12.1 Å². The first kappa shape index (κ1) is 15.4. The lowest BCUT2D eigenvalue weighted by Gasteiger charge is -2.21. The van der Waals surface area contributed by atoms with Crippen molar-refractivity contribution in [1.29, 1.82) is 0 Å². The number of likely N-dealkylation sites (tertiary alicyclic amines) is 1. The number of benzene rings is 1. The number of halogens is 2. The molecule has 20 heavy (non-hydrogen) atoms. The first-order chi connectivity index (χ1) is 9.49. The molecule has 1 saturated heterocycles. The fourth-order valence-electron chi connectivity index (χ4n) is 2.32. The minimum Gasteiger partial charge on any atom is -0.506 e. The third kappa shape index (κ3) is 3.57. The van der Waals surface area contributed by atoms with Crippen LogP contribution in [-0.4, -0.2) is 35.0 Å². The molecule has 0 aromatic heterocycles. The highest BCUT2D eigenvalue weighted by Gasteiger charge is 2.23. The Kier molecular flexibility index (Phi) is 5.13. The summed E-state index contributed by atoms with van der Waals surface area (Å²) in [5.74, 6) is 0.0968. The van der Waals surface area contributed by atoms with Crippen LogP contribution < -0.4 is 5.32 Å². The summed E-state index contributed by atoms with van der Waals surface area (Å²) in [5.41, 5.74) is 0.587. The lowest BCUT2D eigenvalue weighted by molar-refractivity contribution is -0.131. The fraction of sp³-hybridized carbons (Fsp3) is 0.500. The van der Waals surface area contributed by atoms with Gasteiger partial charge in [0.1, 0.15) is 5.75 Å². The first-order valence-corrected chi connectivity index (χ1v) is 7.43. The number of hydrogen-bond donors (Lipinski definition) is 2. The van der Waals surface area contributed by atoms with Crippen LogP contribution in [-0.2, 0) is 11.3 Å². The van der Waals surface area contributed by atoms with Gasteiger partial charge < -0.3 is 15.3 Å². The molecule has 1 aromatic rings. The van der Waals surface area contributed by atoms with Crippen molar-refractivity contribution >= 4 is 29.1 Å². The number of hydrogen-bond acceptors (Lipinski definition) is 3. The quantitative estimate of drug-likeness (QED) is 0.898. The van der Waals surface area contributed by atoms with Crippen molar-refractivity contribution in [2.75, 3.05) is 13.1 Å². The Morgan fingerprint density at radius 2 is 2.05 bits per heavy atom. The number of nitrogens with zero attached hydrogens (tertiary/aromatic N) is 1. The van der Waals surface area contributed by atoms with E-state index in [2.05, 4.69) is 5.32 Å². The van der Waals surface area contributed by atoms with Gasteiger partial charge in [-0.3, -0.25) is 4.79 Å². The number of carbonyl (C=O) groups is 1. The molecule has 0 spiro atoms. The Morgan fingerprint density at radius 3 is 2.70 bits per heavy atom. The van der Waals surface area contributed by atoms with Crippen molar-refractivity contribution in [3.63, 3.8) is 0 Å². The minimum absolute atomic E-state index is 0.00406. The Hall–Kier alpha value is -0.970. The average Bonchev–Trinajstić information content (AvgIpc) is 2.93. The number of phenolic OH excluding ortho intramolecular Hbond substituents is 1. The lowest BCUT2D eigenvalue weighted by Crippen LogP contribution is -2.43. The fourth-order valence-corrected chi connectivity index (χ4v) is 2.85. The van der Waals surface area contributed by atoms with E-state index in [9.17, 15) is 9.90 Å². The highest BCUT2D eigenvalue weighted by Crippen LogP contribution is 2.31. The Labute approximate surface area is 128 Å². The van der Waals surface area contributed by atoms with Gasteiger partial charge in [-0.1, -0.05) is 23.2 Å². The second-order valence-corrected chi connectivity index (χ2v) is 5.87. The summed E-state index contributed by atoms with van der Waals surface area (Å²) < 4.78 is 0. The van der Waals surface area contributed by atoms with Crippen LogP contribution in [0.1, 0.15) is 25.3 Å². The van der Waals surface area contributed by atoms with E-state index in [1.54, 1.807) is 6.07 Å². The standard InChI is InChI=1S/C14H18Cl2N2O2/c1-9(14(20)18-4-2-3-5-18)17-8-10-6-11(15)7-12(16)13(10)19/h6-7,9,17,19H,2-5,8H2,1H3. The van der Waals surface area contributed by atoms with Crippen molar-refractivity contribution in [3.8, 4) is 5.75 Å². The number of nitrogens with one attached hydrogen (secondary N) is 1. The van der Waals surface area contributed by atoms with Gasteiger partial charge in [0.15, 0.2) is 0 Å². The van der Waals surface area contributed by atoms with E-state index >= 15 is 0 Å². The van der Waals surface area contributed by atoms with Crippen molar-refractivity contribution in [3.05, 3.63) is 27.7 Å². The molecule has 2 rings (SSSR count). The highest BCUT2D eigenvalue weighted by molar-refractivity contribution is 6.35. The summed E-state index contributed by atoms with van der Waals surface area (Å²) in [6.07, 6.45) is 2.15. The van der Waals surface area contributed by atoms with Crippen LogP contribution >= 0.6 is 23.2 Å². The van der Waals surface area contributed by atoms with Gasteiger partial charge in [-0.05, 0) is 31.9 Å². The summed E-state index contributed by atoms with van der Waals surface area (Å²) >= 11 is 11.8. The zero-order valence-electron chi connectivity index (χ0n) is 11.3. The van der Waals surface area contributed by atoms with Crippen LogP contribution in [0.3, 0.4) is 0 Å². The molecule has 1 aliphatic heterocycles. The molecule has 1 amide bonds. The summed E-state index contributed by atoms with van der Waals surface area (Å²) in [4.78, 5) is 14.0. The SMILES string of the molecule is CC(NCc1cc(Cl)cc(Cl)c1O)C(=O)N1CCCC1. The van der Waals surface area contributed by atoms with Crippen LogP contribution in [0.4, 0.5) is 0 Å². The van der Waals surface area contributed by atoms with Gasteiger partial charge in [-0.25, -0.2) is 0 Å². The molecule has 1 heterocycles. The maximum atomic E-state index is 12.1. The van der Waals surface area contributed by atoms with Gasteiger partial charge in [-0.15, -0.1) is 0 Å². The van der Waals surface area contributed by atoms with E-state index in [0.717, 1.165) is 25.9 Å². The van der Waals surface area contributed by atoms with E-state index in [4.69, 9.17) is 23.2 Å². The third-order valence-corrected chi connectivity index (χ3v) is 4.00. The molecule has 1 atom stereocenters.